The van der Waals surface area contributed by atoms with Gasteiger partial charge in [-0.05, 0) is 11.1 Å². The fraction of sp³-hybridized carbons (Fsp3) is 0.429. The fourth-order valence-corrected chi connectivity index (χ4v) is 2.69. The summed E-state index contributed by atoms with van der Waals surface area (Å²) in [5.41, 5.74) is 2.25. The molecule has 1 N–H and O–H groups in total. The third-order valence-electron chi connectivity index (χ3n) is 3.77. The van der Waals surface area contributed by atoms with E-state index in [0.29, 0.717) is 26.2 Å². The van der Waals surface area contributed by atoms with Crippen LogP contribution in [-0.4, -0.2) is 52.7 Å². The molecule has 2 aliphatic rings. The molecule has 0 bridgehead atoms. The zero-order valence-electron chi connectivity index (χ0n) is 11.0. The predicted octanol–water partition coefficient (Wildman–Crippen LogP) is 0.908. The molecule has 1 fully saturated rings. The number of hydrogen-bond donors (Lipinski definition) is 1. The molecule has 0 spiro atoms. The van der Waals surface area contributed by atoms with Crippen molar-refractivity contribution in [2.75, 3.05) is 19.8 Å². The van der Waals surface area contributed by atoms with Gasteiger partial charge in [-0.1, -0.05) is 24.3 Å². The molecular formula is C14H16N2O4. The molecule has 0 aromatic heterocycles. The second-order valence-electron chi connectivity index (χ2n) is 5.03. The molecule has 3 rings (SSSR count). The third kappa shape index (κ3) is 2.22. The van der Waals surface area contributed by atoms with Gasteiger partial charge in [0.2, 0.25) is 0 Å². The van der Waals surface area contributed by atoms with Crippen LogP contribution in [0, 0.1) is 0 Å². The Bertz CT molecular complexity index is 521. The van der Waals surface area contributed by atoms with Gasteiger partial charge >= 0.3 is 12.0 Å². The lowest BCUT2D eigenvalue weighted by atomic mass is 10.1. The van der Waals surface area contributed by atoms with E-state index in [1.54, 1.807) is 4.90 Å². The minimum atomic E-state index is -1.02. The highest BCUT2D eigenvalue weighted by atomic mass is 16.5. The van der Waals surface area contributed by atoms with E-state index in [1.807, 2.05) is 24.3 Å². The molecule has 2 heterocycles. The van der Waals surface area contributed by atoms with Crippen molar-refractivity contribution >= 4 is 12.0 Å². The minimum Gasteiger partial charge on any atom is -0.480 e. The van der Waals surface area contributed by atoms with Crippen LogP contribution >= 0.6 is 0 Å². The van der Waals surface area contributed by atoms with Crippen molar-refractivity contribution < 1.29 is 19.4 Å². The summed E-state index contributed by atoms with van der Waals surface area (Å²) in [7, 11) is 0. The van der Waals surface area contributed by atoms with Crippen LogP contribution in [0.2, 0.25) is 0 Å². The Morgan fingerprint density at radius 1 is 1.20 bits per heavy atom. The number of urea groups is 1. The molecule has 0 radical (unpaired) electrons. The summed E-state index contributed by atoms with van der Waals surface area (Å²) in [6.07, 6.45) is 0. The quantitative estimate of drug-likeness (QED) is 0.827. The van der Waals surface area contributed by atoms with Gasteiger partial charge in [-0.15, -0.1) is 0 Å². The van der Waals surface area contributed by atoms with E-state index in [1.165, 1.54) is 4.90 Å². The highest BCUT2D eigenvalue weighted by Gasteiger charge is 2.36. The summed E-state index contributed by atoms with van der Waals surface area (Å²) < 4.78 is 5.16. The van der Waals surface area contributed by atoms with Crippen LogP contribution in [-0.2, 0) is 22.6 Å². The largest absolute Gasteiger partial charge is 0.480 e. The number of morpholine rings is 1. The van der Waals surface area contributed by atoms with Crippen LogP contribution < -0.4 is 0 Å². The highest BCUT2D eigenvalue weighted by Crippen LogP contribution is 2.24. The first-order chi connectivity index (χ1) is 9.66. The number of carbonyl (C=O) groups is 2. The first kappa shape index (κ1) is 12.9. The summed E-state index contributed by atoms with van der Waals surface area (Å²) in [5, 5.41) is 9.18. The van der Waals surface area contributed by atoms with Gasteiger partial charge in [-0.25, -0.2) is 9.59 Å². The maximum absolute atomic E-state index is 12.5. The summed E-state index contributed by atoms with van der Waals surface area (Å²) >= 11 is 0. The second kappa shape index (κ2) is 5.13. The van der Waals surface area contributed by atoms with Crippen molar-refractivity contribution in [3.05, 3.63) is 35.4 Å². The summed E-state index contributed by atoms with van der Waals surface area (Å²) in [6, 6.07) is 6.77. The molecule has 6 heteroatoms. The van der Waals surface area contributed by atoms with E-state index in [-0.39, 0.29) is 12.6 Å². The highest BCUT2D eigenvalue weighted by molar-refractivity contribution is 5.83. The van der Waals surface area contributed by atoms with Crippen molar-refractivity contribution in [2.45, 2.75) is 19.1 Å². The van der Waals surface area contributed by atoms with Gasteiger partial charge < -0.3 is 19.6 Å². The number of carbonyl (C=O) groups excluding carboxylic acids is 1. The lowest BCUT2D eigenvalue weighted by Crippen LogP contribution is -2.55. The number of rotatable bonds is 1. The van der Waals surface area contributed by atoms with Gasteiger partial charge in [0.1, 0.15) is 0 Å². The van der Waals surface area contributed by atoms with E-state index < -0.39 is 12.0 Å². The van der Waals surface area contributed by atoms with Gasteiger partial charge in [0.25, 0.3) is 0 Å². The van der Waals surface area contributed by atoms with Gasteiger partial charge in [0, 0.05) is 19.6 Å². The summed E-state index contributed by atoms with van der Waals surface area (Å²) in [5.74, 6) is -1.02. The van der Waals surface area contributed by atoms with Crippen LogP contribution in [0.5, 0.6) is 0 Å². The molecular weight excluding hydrogens is 260 g/mol. The molecule has 1 saturated heterocycles. The number of amides is 2. The van der Waals surface area contributed by atoms with Crippen LogP contribution in [0.15, 0.2) is 24.3 Å². The number of carboxylic acids is 1. The Balaban J connectivity index is 1.75. The number of hydrogen-bond acceptors (Lipinski definition) is 3. The van der Waals surface area contributed by atoms with Gasteiger partial charge in [0.15, 0.2) is 6.04 Å². The Labute approximate surface area is 116 Å². The molecule has 0 saturated carbocycles. The molecule has 0 aliphatic carbocycles. The Morgan fingerprint density at radius 3 is 2.45 bits per heavy atom. The normalized spacial score (nSPS) is 21.7. The molecule has 1 atom stereocenters. The van der Waals surface area contributed by atoms with E-state index in [0.717, 1.165) is 11.1 Å². The van der Waals surface area contributed by atoms with E-state index >= 15 is 0 Å². The number of benzene rings is 1. The summed E-state index contributed by atoms with van der Waals surface area (Å²) in [4.78, 5) is 26.8. The standard InChI is InChI=1S/C14H16N2O4/c17-13(18)12-9-20-6-5-16(12)14(19)15-7-10-3-1-2-4-11(10)8-15/h1-4,12H,5-9H2,(H,17,18). The Hall–Kier alpha value is -2.08. The molecule has 6 nitrogen and oxygen atoms in total. The lowest BCUT2D eigenvalue weighted by molar-refractivity contribution is -0.147. The number of fused-ring (bicyclic) bond motifs is 1. The molecule has 2 aliphatic heterocycles. The monoisotopic (exact) mass is 276 g/mol. The van der Waals surface area contributed by atoms with Gasteiger partial charge in [-0.2, -0.15) is 0 Å². The summed E-state index contributed by atoms with van der Waals surface area (Å²) in [6.45, 7) is 1.85. The van der Waals surface area contributed by atoms with Crippen LogP contribution in [0.3, 0.4) is 0 Å². The fourth-order valence-electron chi connectivity index (χ4n) is 2.69. The first-order valence-corrected chi connectivity index (χ1v) is 6.59. The number of ether oxygens (including phenoxy) is 1. The zero-order valence-corrected chi connectivity index (χ0v) is 11.0. The zero-order chi connectivity index (χ0) is 14.1. The smallest absolute Gasteiger partial charge is 0.328 e. The molecule has 1 unspecified atom stereocenters. The Morgan fingerprint density at radius 2 is 1.85 bits per heavy atom. The molecule has 1 aromatic carbocycles. The van der Waals surface area contributed by atoms with E-state index in [9.17, 15) is 14.7 Å². The molecule has 2 amide bonds. The maximum Gasteiger partial charge on any atom is 0.328 e. The van der Waals surface area contributed by atoms with Crippen molar-refractivity contribution in [2.24, 2.45) is 0 Å². The molecule has 106 valence electrons. The number of carboxylic acid groups (broad SMARTS) is 1. The molecule has 20 heavy (non-hydrogen) atoms. The van der Waals surface area contributed by atoms with Crippen molar-refractivity contribution in [3.8, 4) is 0 Å². The first-order valence-electron chi connectivity index (χ1n) is 6.59. The average Bonchev–Trinajstić information content (AvgIpc) is 2.90. The van der Waals surface area contributed by atoms with Crippen LogP contribution in [0.25, 0.3) is 0 Å². The topological polar surface area (TPSA) is 70.1 Å². The van der Waals surface area contributed by atoms with Crippen molar-refractivity contribution in [3.63, 3.8) is 0 Å². The second-order valence-corrected chi connectivity index (χ2v) is 5.03. The predicted molar refractivity (Wildman–Crippen MR) is 70.0 cm³/mol. The van der Waals surface area contributed by atoms with Gasteiger partial charge in [-0.3, -0.25) is 0 Å². The van der Waals surface area contributed by atoms with Gasteiger partial charge in [0.05, 0.1) is 13.2 Å². The van der Waals surface area contributed by atoms with Crippen molar-refractivity contribution in [1.29, 1.82) is 0 Å². The van der Waals surface area contributed by atoms with Crippen molar-refractivity contribution in [1.82, 2.24) is 9.80 Å². The molecule has 1 aromatic rings. The van der Waals surface area contributed by atoms with E-state index in [4.69, 9.17) is 4.74 Å². The number of aliphatic carboxylic acids is 1. The average molecular weight is 276 g/mol. The maximum atomic E-state index is 12.5. The van der Waals surface area contributed by atoms with E-state index in [2.05, 4.69) is 0 Å². The van der Waals surface area contributed by atoms with Crippen LogP contribution in [0.4, 0.5) is 4.79 Å². The lowest BCUT2D eigenvalue weighted by Gasteiger charge is -2.35. The SMILES string of the molecule is O=C(O)C1COCCN1C(=O)N1Cc2ccccc2C1. The number of nitrogens with zero attached hydrogens (tertiary/aromatic N) is 2. The Kier molecular flexibility index (Phi) is 3.31. The minimum absolute atomic E-state index is 0.0574. The third-order valence-corrected chi connectivity index (χ3v) is 3.77. The van der Waals surface area contributed by atoms with Crippen LogP contribution in [0.1, 0.15) is 11.1 Å².